The van der Waals surface area contributed by atoms with Crippen LogP contribution in [-0.4, -0.2) is 9.97 Å². The monoisotopic (exact) mass is 193 g/mol. The Labute approximate surface area is 85.1 Å². The summed E-state index contributed by atoms with van der Waals surface area (Å²) >= 11 is 0. The predicted octanol–water partition coefficient (Wildman–Crippen LogP) is 2.01. The molecule has 3 N–H and O–H groups in total. The molecule has 1 saturated carbocycles. The van der Waals surface area contributed by atoms with Crippen LogP contribution in [0.1, 0.15) is 49.8 Å². The highest BCUT2D eigenvalue weighted by molar-refractivity contribution is 5.18. The van der Waals surface area contributed by atoms with E-state index in [0.717, 1.165) is 30.8 Å². The van der Waals surface area contributed by atoms with Gasteiger partial charge in [-0.1, -0.05) is 19.8 Å². The Balaban J connectivity index is 2.31. The van der Waals surface area contributed by atoms with E-state index in [9.17, 15) is 0 Å². The summed E-state index contributed by atoms with van der Waals surface area (Å²) in [5.41, 5.74) is 8.50. The van der Waals surface area contributed by atoms with Crippen LogP contribution in [0.3, 0.4) is 0 Å². The topological polar surface area (TPSA) is 54.7 Å². The lowest BCUT2D eigenvalue weighted by Gasteiger charge is -2.20. The van der Waals surface area contributed by atoms with Crippen LogP contribution in [-0.2, 0) is 12.0 Å². The van der Waals surface area contributed by atoms with Crippen molar-refractivity contribution in [3.05, 3.63) is 17.2 Å². The average molecular weight is 193 g/mol. The molecule has 0 bridgehead atoms. The minimum Gasteiger partial charge on any atom is -0.344 e. The molecule has 3 nitrogen and oxygen atoms in total. The molecule has 1 heterocycles. The Bertz CT molecular complexity index is 321. The molecule has 1 aromatic rings. The third-order valence-electron chi connectivity index (χ3n) is 3.29. The van der Waals surface area contributed by atoms with Crippen molar-refractivity contribution in [2.45, 2.75) is 51.5 Å². The number of rotatable bonds is 2. The van der Waals surface area contributed by atoms with Gasteiger partial charge in [-0.3, -0.25) is 0 Å². The van der Waals surface area contributed by atoms with Crippen molar-refractivity contribution in [1.82, 2.24) is 9.97 Å². The zero-order chi connectivity index (χ0) is 10.2. The molecule has 1 aliphatic carbocycles. The molecule has 0 aromatic carbocycles. The molecular weight excluding hydrogens is 174 g/mol. The van der Waals surface area contributed by atoms with E-state index >= 15 is 0 Å². The van der Waals surface area contributed by atoms with E-state index in [2.05, 4.69) is 23.8 Å². The van der Waals surface area contributed by atoms with Gasteiger partial charge in [0.1, 0.15) is 5.82 Å². The van der Waals surface area contributed by atoms with Gasteiger partial charge >= 0.3 is 0 Å². The summed E-state index contributed by atoms with van der Waals surface area (Å²) in [5, 5.41) is 0. The lowest BCUT2D eigenvalue weighted by atomic mass is 9.99. The van der Waals surface area contributed by atoms with Crippen LogP contribution in [0.25, 0.3) is 0 Å². The number of aromatic amines is 1. The van der Waals surface area contributed by atoms with Crippen LogP contribution in [0.5, 0.6) is 0 Å². The molecule has 0 spiro atoms. The molecule has 0 saturated heterocycles. The van der Waals surface area contributed by atoms with Crippen LogP contribution in [0.2, 0.25) is 0 Å². The highest BCUT2D eigenvalue weighted by Crippen LogP contribution is 2.34. The van der Waals surface area contributed by atoms with Gasteiger partial charge in [-0.15, -0.1) is 0 Å². The van der Waals surface area contributed by atoms with Crippen LogP contribution in [0, 0.1) is 6.92 Å². The quantitative estimate of drug-likeness (QED) is 0.755. The second-order valence-corrected chi connectivity index (χ2v) is 4.37. The molecule has 78 valence electrons. The van der Waals surface area contributed by atoms with E-state index in [-0.39, 0.29) is 5.54 Å². The normalized spacial score (nSPS) is 20.2. The van der Waals surface area contributed by atoms with Crippen molar-refractivity contribution in [1.29, 1.82) is 0 Å². The first kappa shape index (κ1) is 9.71. The minimum atomic E-state index is -0.168. The van der Waals surface area contributed by atoms with E-state index in [1.54, 1.807) is 0 Å². The van der Waals surface area contributed by atoms with Gasteiger partial charge in [0.25, 0.3) is 0 Å². The number of nitrogens with one attached hydrogen (secondary N) is 1. The van der Waals surface area contributed by atoms with Gasteiger partial charge in [0, 0.05) is 5.69 Å². The van der Waals surface area contributed by atoms with Gasteiger partial charge in [0.05, 0.1) is 11.2 Å². The molecule has 0 radical (unpaired) electrons. The van der Waals surface area contributed by atoms with Gasteiger partial charge in [-0.2, -0.15) is 0 Å². The Kier molecular flexibility index (Phi) is 2.35. The fourth-order valence-corrected chi connectivity index (χ4v) is 2.32. The fourth-order valence-electron chi connectivity index (χ4n) is 2.32. The van der Waals surface area contributed by atoms with Crippen molar-refractivity contribution in [2.24, 2.45) is 5.73 Å². The number of H-pyrrole nitrogens is 1. The molecule has 0 atom stereocenters. The first-order valence-corrected chi connectivity index (χ1v) is 5.50. The fraction of sp³-hybridized carbons (Fsp3) is 0.727. The lowest BCUT2D eigenvalue weighted by Crippen LogP contribution is -2.34. The molecule has 1 aliphatic rings. The average Bonchev–Trinajstić information content (AvgIpc) is 2.73. The number of aryl methyl sites for hydroxylation is 2. The Morgan fingerprint density at radius 3 is 2.57 bits per heavy atom. The molecule has 1 fully saturated rings. The molecule has 0 aliphatic heterocycles. The Morgan fingerprint density at radius 1 is 1.43 bits per heavy atom. The first-order chi connectivity index (χ1) is 6.65. The standard InChI is InChI=1S/C11H19N3/c1-3-9-8(2)13-10(14-9)11(12)6-4-5-7-11/h3-7,12H2,1-2H3,(H,13,14). The summed E-state index contributed by atoms with van der Waals surface area (Å²) in [6, 6.07) is 0. The van der Waals surface area contributed by atoms with Crippen LogP contribution < -0.4 is 5.73 Å². The smallest absolute Gasteiger partial charge is 0.126 e. The molecule has 3 heteroatoms. The largest absolute Gasteiger partial charge is 0.344 e. The summed E-state index contributed by atoms with van der Waals surface area (Å²) in [4.78, 5) is 7.94. The summed E-state index contributed by atoms with van der Waals surface area (Å²) in [7, 11) is 0. The second-order valence-electron chi connectivity index (χ2n) is 4.37. The van der Waals surface area contributed by atoms with Gasteiger partial charge in [0.15, 0.2) is 0 Å². The number of hydrogen-bond donors (Lipinski definition) is 2. The molecular formula is C11H19N3. The third-order valence-corrected chi connectivity index (χ3v) is 3.29. The van der Waals surface area contributed by atoms with E-state index in [1.165, 1.54) is 18.5 Å². The molecule has 0 amide bonds. The van der Waals surface area contributed by atoms with Crippen molar-refractivity contribution >= 4 is 0 Å². The highest BCUT2D eigenvalue weighted by atomic mass is 15.0. The summed E-state index contributed by atoms with van der Waals surface area (Å²) in [6.07, 6.45) is 5.60. The minimum absolute atomic E-state index is 0.168. The SMILES string of the molecule is CCc1nc(C2(N)CCCC2)[nH]c1C. The van der Waals surface area contributed by atoms with Crippen LogP contribution in [0.4, 0.5) is 0 Å². The number of hydrogen-bond acceptors (Lipinski definition) is 2. The molecule has 1 aromatic heterocycles. The summed E-state index contributed by atoms with van der Waals surface area (Å²) < 4.78 is 0. The van der Waals surface area contributed by atoms with Crippen molar-refractivity contribution in [2.75, 3.05) is 0 Å². The molecule has 14 heavy (non-hydrogen) atoms. The number of aromatic nitrogens is 2. The van der Waals surface area contributed by atoms with Gasteiger partial charge in [-0.25, -0.2) is 4.98 Å². The zero-order valence-corrected chi connectivity index (χ0v) is 9.06. The maximum absolute atomic E-state index is 6.32. The number of imidazole rings is 1. The van der Waals surface area contributed by atoms with Crippen LogP contribution >= 0.6 is 0 Å². The zero-order valence-electron chi connectivity index (χ0n) is 9.06. The highest BCUT2D eigenvalue weighted by Gasteiger charge is 2.34. The molecule has 0 unspecified atom stereocenters. The van der Waals surface area contributed by atoms with Crippen molar-refractivity contribution < 1.29 is 0 Å². The van der Waals surface area contributed by atoms with Gasteiger partial charge < -0.3 is 10.7 Å². The van der Waals surface area contributed by atoms with Crippen molar-refractivity contribution in [3.8, 4) is 0 Å². The molecule has 2 rings (SSSR count). The van der Waals surface area contributed by atoms with E-state index < -0.39 is 0 Å². The second kappa shape index (κ2) is 3.39. The van der Waals surface area contributed by atoms with E-state index in [0.29, 0.717) is 0 Å². The maximum Gasteiger partial charge on any atom is 0.126 e. The maximum atomic E-state index is 6.32. The number of nitrogens with zero attached hydrogens (tertiary/aromatic N) is 1. The lowest BCUT2D eigenvalue weighted by molar-refractivity contribution is 0.434. The number of nitrogens with two attached hydrogens (primary N) is 1. The van der Waals surface area contributed by atoms with Gasteiger partial charge in [-0.05, 0) is 26.2 Å². The predicted molar refractivity (Wildman–Crippen MR) is 57.0 cm³/mol. The van der Waals surface area contributed by atoms with Crippen molar-refractivity contribution in [3.63, 3.8) is 0 Å². The van der Waals surface area contributed by atoms with E-state index in [4.69, 9.17) is 5.73 Å². The van der Waals surface area contributed by atoms with Gasteiger partial charge in [0.2, 0.25) is 0 Å². The summed E-state index contributed by atoms with van der Waals surface area (Å²) in [6.45, 7) is 4.21. The summed E-state index contributed by atoms with van der Waals surface area (Å²) in [5.74, 6) is 1.00. The Hall–Kier alpha value is -0.830. The Morgan fingerprint density at radius 2 is 2.07 bits per heavy atom. The first-order valence-electron chi connectivity index (χ1n) is 5.50. The van der Waals surface area contributed by atoms with Crippen LogP contribution in [0.15, 0.2) is 0 Å². The van der Waals surface area contributed by atoms with E-state index in [1.807, 2.05) is 0 Å². The third kappa shape index (κ3) is 1.46.